The van der Waals surface area contributed by atoms with Gasteiger partial charge in [0.15, 0.2) is 0 Å². The first kappa shape index (κ1) is 12.2. The molecule has 1 aromatic heterocycles. The standard InChI is InChI=1S/C8H14N4O2S/c1-5-2-7(11-8(10-5)12-9)15-4-6(14)3-13/h2,6,13-14H,3-4,9H2,1H3,(H,10,11,12). The van der Waals surface area contributed by atoms with Gasteiger partial charge in [-0.05, 0) is 13.0 Å². The van der Waals surface area contributed by atoms with Crippen LogP contribution in [0.1, 0.15) is 5.69 Å². The summed E-state index contributed by atoms with van der Waals surface area (Å²) in [7, 11) is 0. The lowest BCUT2D eigenvalue weighted by molar-refractivity contribution is 0.113. The number of aromatic nitrogens is 2. The fraction of sp³-hybridized carbons (Fsp3) is 0.500. The minimum absolute atomic E-state index is 0.251. The molecule has 0 aliphatic carbocycles. The number of nitrogens with two attached hydrogens (primary N) is 1. The van der Waals surface area contributed by atoms with Gasteiger partial charge in [0.1, 0.15) is 5.03 Å². The molecule has 0 amide bonds. The summed E-state index contributed by atoms with van der Waals surface area (Å²) in [5, 5.41) is 18.5. The molecule has 0 aromatic carbocycles. The van der Waals surface area contributed by atoms with Crippen LogP contribution in [0.25, 0.3) is 0 Å². The van der Waals surface area contributed by atoms with Crippen molar-refractivity contribution >= 4 is 17.7 Å². The fourth-order valence-electron chi connectivity index (χ4n) is 0.912. The molecule has 0 bridgehead atoms. The topological polar surface area (TPSA) is 104 Å². The number of aliphatic hydroxyl groups is 2. The Morgan fingerprint density at radius 1 is 1.60 bits per heavy atom. The van der Waals surface area contributed by atoms with Gasteiger partial charge in [-0.3, -0.25) is 5.43 Å². The van der Waals surface area contributed by atoms with Crippen molar-refractivity contribution in [2.24, 2.45) is 5.84 Å². The minimum atomic E-state index is -0.737. The molecule has 0 fully saturated rings. The van der Waals surface area contributed by atoms with Gasteiger partial charge in [-0.1, -0.05) is 0 Å². The molecule has 84 valence electrons. The minimum Gasteiger partial charge on any atom is -0.394 e. The Labute approximate surface area is 91.9 Å². The van der Waals surface area contributed by atoms with Crippen LogP contribution in [0.15, 0.2) is 11.1 Å². The van der Waals surface area contributed by atoms with Gasteiger partial charge >= 0.3 is 0 Å². The van der Waals surface area contributed by atoms with E-state index >= 15 is 0 Å². The molecule has 5 N–H and O–H groups in total. The van der Waals surface area contributed by atoms with Crippen molar-refractivity contribution in [1.29, 1.82) is 0 Å². The number of nitrogen functional groups attached to an aromatic ring is 1. The van der Waals surface area contributed by atoms with Crippen molar-refractivity contribution in [2.45, 2.75) is 18.1 Å². The predicted molar refractivity (Wildman–Crippen MR) is 58.4 cm³/mol. The smallest absolute Gasteiger partial charge is 0.238 e. The van der Waals surface area contributed by atoms with Crippen molar-refractivity contribution in [2.75, 3.05) is 17.8 Å². The number of hydrazine groups is 1. The average Bonchev–Trinajstić information content (AvgIpc) is 2.25. The van der Waals surface area contributed by atoms with Crippen molar-refractivity contribution in [3.8, 4) is 0 Å². The number of thioether (sulfide) groups is 1. The second-order valence-electron chi connectivity index (χ2n) is 2.96. The fourth-order valence-corrected chi connectivity index (χ4v) is 1.79. The van der Waals surface area contributed by atoms with E-state index in [0.29, 0.717) is 16.7 Å². The Balaban J connectivity index is 2.64. The van der Waals surface area contributed by atoms with Crippen molar-refractivity contribution in [3.05, 3.63) is 11.8 Å². The molecule has 1 unspecified atom stereocenters. The van der Waals surface area contributed by atoms with Crippen LogP contribution in [0.4, 0.5) is 5.95 Å². The number of nitrogens with zero attached hydrogens (tertiary/aromatic N) is 2. The zero-order valence-corrected chi connectivity index (χ0v) is 9.16. The van der Waals surface area contributed by atoms with Crippen LogP contribution in [0, 0.1) is 6.92 Å². The maximum absolute atomic E-state index is 9.16. The maximum Gasteiger partial charge on any atom is 0.238 e. The molecule has 1 aromatic rings. The van der Waals surface area contributed by atoms with Gasteiger partial charge < -0.3 is 10.2 Å². The number of hydrogen-bond donors (Lipinski definition) is 4. The van der Waals surface area contributed by atoms with Gasteiger partial charge in [-0.25, -0.2) is 15.8 Å². The first-order valence-corrected chi connectivity index (χ1v) is 5.38. The Hall–Kier alpha value is -0.890. The van der Waals surface area contributed by atoms with Crippen LogP contribution in [-0.2, 0) is 0 Å². The molecule has 7 heteroatoms. The van der Waals surface area contributed by atoms with Crippen LogP contribution in [-0.4, -0.2) is 38.6 Å². The van der Waals surface area contributed by atoms with Crippen LogP contribution < -0.4 is 11.3 Å². The molecule has 1 heterocycles. The summed E-state index contributed by atoms with van der Waals surface area (Å²) in [6.07, 6.45) is -0.737. The second kappa shape index (κ2) is 5.86. The SMILES string of the molecule is Cc1cc(SCC(O)CO)nc(NN)n1. The summed E-state index contributed by atoms with van der Waals surface area (Å²) < 4.78 is 0. The van der Waals surface area contributed by atoms with Crippen LogP contribution >= 0.6 is 11.8 Å². The average molecular weight is 230 g/mol. The van der Waals surface area contributed by atoms with E-state index in [1.807, 2.05) is 6.92 Å². The Kier molecular flexibility index (Phi) is 4.76. The first-order valence-electron chi connectivity index (χ1n) is 4.39. The Morgan fingerprint density at radius 2 is 2.33 bits per heavy atom. The lowest BCUT2D eigenvalue weighted by atomic mass is 10.4. The van der Waals surface area contributed by atoms with E-state index in [2.05, 4.69) is 15.4 Å². The lowest BCUT2D eigenvalue weighted by Gasteiger charge is -2.07. The molecular formula is C8H14N4O2S. The molecule has 0 saturated heterocycles. The third-order valence-electron chi connectivity index (χ3n) is 1.59. The number of aryl methyl sites for hydroxylation is 1. The molecule has 6 nitrogen and oxygen atoms in total. The van der Waals surface area contributed by atoms with Crippen molar-refractivity contribution in [1.82, 2.24) is 9.97 Å². The van der Waals surface area contributed by atoms with Gasteiger partial charge in [-0.15, -0.1) is 11.8 Å². The van der Waals surface area contributed by atoms with E-state index in [-0.39, 0.29) is 6.61 Å². The van der Waals surface area contributed by atoms with Gasteiger partial charge in [0.05, 0.1) is 12.7 Å². The largest absolute Gasteiger partial charge is 0.394 e. The summed E-state index contributed by atoms with van der Waals surface area (Å²) >= 11 is 1.34. The van der Waals surface area contributed by atoms with E-state index < -0.39 is 6.10 Å². The Morgan fingerprint density at radius 3 is 2.93 bits per heavy atom. The van der Waals surface area contributed by atoms with Crippen molar-refractivity contribution < 1.29 is 10.2 Å². The number of nitrogens with one attached hydrogen (secondary N) is 1. The second-order valence-corrected chi connectivity index (χ2v) is 4.00. The van der Waals surface area contributed by atoms with Gasteiger partial charge in [0, 0.05) is 11.4 Å². The first-order chi connectivity index (χ1) is 7.15. The number of aliphatic hydroxyl groups excluding tert-OH is 2. The van der Waals surface area contributed by atoms with Crippen LogP contribution in [0.5, 0.6) is 0 Å². The third kappa shape index (κ3) is 4.00. The number of rotatable bonds is 5. The molecule has 1 rings (SSSR count). The summed E-state index contributed by atoms with van der Waals surface area (Å²) in [6.45, 7) is 1.58. The molecule has 0 radical (unpaired) electrons. The van der Waals surface area contributed by atoms with Gasteiger partial charge in [0.25, 0.3) is 0 Å². The van der Waals surface area contributed by atoms with E-state index in [1.165, 1.54) is 11.8 Å². The Bertz CT molecular complexity index is 324. The van der Waals surface area contributed by atoms with Crippen LogP contribution in [0.3, 0.4) is 0 Å². The highest BCUT2D eigenvalue weighted by Gasteiger charge is 2.06. The zero-order chi connectivity index (χ0) is 11.3. The summed E-state index contributed by atoms with van der Waals surface area (Å²) in [5.74, 6) is 5.93. The van der Waals surface area contributed by atoms with Crippen molar-refractivity contribution in [3.63, 3.8) is 0 Å². The normalized spacial score (nSPS) is 12.5. The predicted octanol–water partition coefficient (Wildman–Crippen LogP) is -0.484. The molecule has 0 spiro atoms. The third-order valence-corrected chi connectivity index (χ3v) is 2.65. The van der Waals surface area contributed by atoms with E-state index in [0.717, 1.165) is 5.69 Å². The molecular weight excluding hydrogens is 216 g/mol. The maximum atomic E-state index is 9.16. The van der Waals surface area contributed by atoms with E-state index in [1.54, 1.807) is 6.07 Å². The molecule has 0 aliphatic heterocycles. The number of hydrogen-bond acceptors (Lipinski definition) is 7. The quantitative estimate of drug-likeness (QED) is 0.234. The zero-order valence-electron chi connectivity index (χ0n) is 8.34. The summed E-state index contributed by atoms with van der Waals surface area (Å²) in [5.41, 5.74) is 3.15. The lowest BCUT2D eigenvalue weighted by Crippen LogP contribution is -2.15. The summed E-state index contributed by atoms with van der Waals surface area (Å²) in [6, 6.07) is 1.79. The van der Waals surface area contributed by atoms with Gasteiger partial charge in [0.2, 0.25) is 5.95 Å². The highest BCUT2D eigenvalue weighted by Crippen LogP contribution is 2.18. The molecule has 0 aliphatic rings. The van der Waals surface area contributed by atoms with E-state index in [9.17, 15) is 0 Å². The van der Waals surface area contributed by atoms with E-state index in [4.69, 9.17) is 16.1 Å². The summed E-state index contributed by atoms with van der Waals surface area (Å²) in [4.78, 5) is 8.11. The van der Waals surface area contributed by atoms with Crippen LogP contribution in [0.2, 0.25) is 0 Å². The number of anilines is 1. The molecule has 0 saturated carbocycles. The molecule has 1 atom stereocenters. The monoisotopic (exact) mass is 230 g/mol. The van der Waals surface area contributed by atoms with Gasteiger partial charge in [-0.2, -0.15) is 0 Å². The highest BCUT2D eigenvalue weighted by atomic mass is 32.2. The molecule has 15 heavy (non-hydrogen) atoms. The highest BCUT2D eigenvalue weighted by molar-refractivity contribution is 7.99.